The molecule has 118 valence electrons. The lowest BCUT2D eigenvalue weighted by atomic mass is 10.2. The summed E-state index contributed by atoms with van der Waals surface area (Å²) in [4.78, 5) is 0. The third-order valence-electron chi connectivity index (χ3n) is 3.37. The molecule has 0 radical (unpaired) electrons. The lowest BCUT2D eigenvalue weighted by Gasteiger charge is -2.10. The molecule has 0 saturated heterocycles. The van der Waals surface area contributed by atoms with Crippen molar-refractivity contribution in [1.29, 1.82) is 0 Å². The molecular formula is C17H17ClN4O. The van der Waals surface area contributed by atoms with Crippen LogP contribution < -0.4 is 15.4 Å². The number of ether oxygens (including phenoxy) is 1. The lowest BCUT2D eigenvalue weighted by molar-refractivity contribution is 0.414. The second-order valence-corrected chi connectivity index (χ2v) is 5.43. The van der Waals surface area contributed by atoms with Crippen LogP contribution in [0.3, 0.4) is 0 Å². The fourth-order valence-corrected chi connectivity index (χ4v) is 2.36. The van der Waals surface area contributed by atoms with Gasteiger partial charge in [-0.25, -0.2) is 0 Å². The zero-order valence-electron chi connectivity index (χ0n) is 12.6. The van der Waals surface area contributed by atoms with Crippen LogP contribution in [0.5, 0.6) is 5.75 Å². The molecule has 3 aromatic rings. The molecule has 5 nitrogen and oxygen atoms in total. The molecule has 1 heterocycles. The summed E-state index contributed by atoms with van der Waals surface area (Å²) in [7, 11) is 1.66. The quantitative estimate of drug-likeness (QED) is 0.626. The molecule has 1 aromatic heterocycles. The molecule has 0 aliphatic rings. The van der Waals surface area contributed by atoms with E-state index in [4.69, 9.17) is 16.3 Å². The highest BCUT2D eigenvalue weighted by atomic mass is 35.5. The van der Waals surface area contributed by atoms with Crippen LogP contribution in [0, 0.1) is 0 Å². The van der Waals surface area contributed by atoms with Crippen LogP contribution in [0.15, 0.2) is 54.7 Å². The first kappa shape index (κ1) is 15.2. The summed E-state index contributed by atoms with van der Waals surface area (Å²) < 4.78 is 5.16. The number of benzene rings is 2. The predicted molar refractivity (Wildman–Crippen MR) is 93.6 cm³/mol. The lowest BCUT2D eigenvalue weighted by Crippen LogP contribution is -2.02. The van der Waals surface area contributed by atoms with Gasteiger partial charge in [0.15, 0.2) is 0 Å². The van der Waals surface area contributed by atoms with Crippen molar-refractivity contribution >= 4 is 28.8 Å². The van der Waals surface area contributed by atoms with Crippen molar-refractivity contribution in [1.82, 2.24) is 10.2 Å². The molecule has 6 heteroatoms. The molecular weight excluding hydrogens is 312 g/mol. The van der Waals surface area contributed by atoms with Crippen LogP contribution in [0.2, 0.25) is 5.02 Å². The summed E-state index contributed by atoms with van der Waals surface area (Å²) in [5.74, 6) is 1.67. The number of hydrogen-bond acceptors (Lipinski definition) is 4. The average molecular weight is 329 g/mol. The molecule has 3 N–H and O–H groups in total. The standard InChI is InChI=1S/C17H17ClN4O/c1-23-15-7-5-12(6-8-15)10-19-17-16(11-20-22-17)21-14-4-2-3-13(18)9-14/h2-9,11,21H,10H2,1H3,(H2,19,20,22). The Kier molecular flexibility index (Phi) is 4.68. The van der Waals surface area contributed by atoms with Gasteiger partial charge in [0, 0.05) is 17.3 Å². The third kappa shape index (κ3) is 3.96. The van der Waals surface area contributed by atoms with Crippen molar-refractivity contribution in [3.63, 3.8) is 0 Å². The van der Waals surface area contributed by atoms with Crippen LogP contribution in [0.25, 0.3) is 0 Å². The maximum Gasteiger partial charge on any atom is 0.145 e. The van der Waals surface area contributed by atoms with Crippen molar-refractivity contribution in [2.75, 3.05) is 17.7 Å². The highest BCUT2D eigenvalue weighted by molar-refractivity contribution is 6.30. The first-order valence-electron chi connectivity index (χ1n) is 7.17. The van der Waals surface area contributed by atoms with E-state index in [9.17, 15) is 0 Å². The van der Waals surface area contributed by atoms with E-state index in [1.807, 2.05) is 48.5 Å². The maximum absolute atomic E-state index is 6.00. The number of hydrogen-bond donors (Lipinski definition) is 3. The topological polar surface area (TPSA) is 62.0 Å². The van der Waals surface area contributed by atoms with Gasteiger partial charge in [-0.3, -0.25) is 5.10 Å². The van der Waals surface area contributed by atoms with Gasteiger partial charge in [-0.15, -0.1) is 0 Å². The van der Waals surface area contributed by atoms with E-state index >= 15 is 0 Å². The van der Waals surface area contributed by atoms with Gasteiger partial charge in [-0.2, -0.15) is 5.10 Å². The predicted octanol–water partition coefficient (Wildman–Crippen LogP) is 4.43. The van der Waals surface area contributed by atoms with E-state index in [0.29, 0.717) is 11.6 Å². The second-order valence-electron chi connectivity index (χ2n) is 5.00. The number of halogens is 1. The Balaban J connectivity index is 1.66. The largest absolute Gasteiger partial charge is 0.497 e. The van der Waals surface area contributed by atoms with E-state index in [1.54, 1.807) is 13.3 Å². The Hall–Kier alpha value is -2.66. The number of nitrogens with zero attached hydrogens (tertiary/aromatic N) is 1. The van der Waals surface area contributed by atoms with Crippen LogP contribution in [0.1, 0.15) is 5.56 Å². The van der Waals surface area contributed by atoms with Crippen LogP contribution in [0.4, 0.5) is 17.2 Å². The van der Waals surface area contributed by atoms with E-state index in [0.717, 1.165) is 28.5 Å². The summed E-state index contributed by atoms with van der Waals surface area (Å²) in [6, 6.07) is 15.5. The molecule has 0 spiro atoms. The number of methoxy groups -OCH3 is 1. The number of anilines is 3. The Bertz CT molecular complexity index is 770. The molecule has 0 saturated carbocycles. The fraction of sp³-hybridized carbons (Fsp3) is 0.118. The molecule has 2 aromatic carbocycles. The normalized spacial score (nSPS) is 10.3. The Morgan fingerprint density at radius 3 is 2.74 bits per heavy atom. The van der Waals surface area contributed by atoms with Crippen molar-refractivity contribution < 1.29 is 4.74 Å². The first-order valence-corrected chi connectivity index (χ1v) is 7.55. The first-order chi connectivity index (χ1) is 11.2. The van der Waals surface area contributed by atoms with Gasteiger partial charge in [-0.05, 0) is 35.9 Å². The molecule has 3 rings (SSSR count). The molecule has 23 heavy (non-hydrogen) atoms. The molecule has 0 amide bonds. The van der Waals surface area contributed by atoms with Gasteiger partial charge >= 0.3 is 0 Å². The average Bonchev–Trinajstić information content (AvgIpc) is 3.00. The summed E-state index contributed by atoms with van der Waals surface area (Å²) in [5.41, 5.74) is 2.92. The zero-order chi connectivity index (χ0) is 16.1. The molecule has 0 atom stereocenters. The van der Waals surface area contributed by atoms with Crippen LogP contribution in [-0.2, 0) is 6.54 Å². The SMILES string of the molecule is COc1ccc(CNc2[nH]ncc2Nc2cccc(Cl)c2)cc1. The van der Waals surface area contributed by atoms with E-state index in [1.165, 1.54) is 0 Å². The van der Waals surface area contributed by atoms with E-state index in [-0.39, 0.29) is 0 Å². The van der Waals surface area contributed by atoms with Gasteiger partial charge in [0.05, 0.1) is 13.3 Å². The Morgan fingerprint density at radius 2 is 2.00 bits per heavy atom. The highest BCUT2D eigenvalue weighted by Gasteiger charge is 2.05. The minimum atomic E-state index is 0.677. The van der Waals surface area contributed by atoms with Crippen molar-refractivity contribution in [3.8, 4) is 5.75 Å². The van der Waals surface area contributed by atoms with Crippen molar-refractivity contribution in [3.05, 3.63) is 65.3 Å². The Labute approximate surface area is 139 Å². The fourth-order valence-electron chi connectivity index (χ4n) is 2.17. The summed E-state index contributed by atoms with van der Waals surface area (Å²) in [6.45, 7) is 0.677. The van der Waals surface area contributed by atoms with Gasteiger partial charge in [0.2, 0.25) is 0 Å². The molecule has 0 aliphatic heterocycles. The summed E-state index contributed by atoms with van der Waals surface area (Å²) >= 11 is 6.00. The monoisotopic (exact) mass is 328 g/mol. The minimum Gasteiger partial charge on any atom is -0.497 e. The van der Waals surface area contributed by atoms with Crippen molar-refractivity contribution in [2.45, 2.75) is 6.54 Å². The number of aromatic amines is 1. The smallest absolute Gasteiger partial charge is 0.145 e. The van der Waals surface area contributed by atoms with Gasteiger partial charge in [-0.1, -0.05) is 29.8 Å². The Morgan fingerprint density at radius 1 is 1.17 bits per heavy atom. The number of H-pyrrole nitrogens is 1. The van der Waals surface area contributed by atoms with Crippen molar-refractivity contribution in [2.24, 2.45) is 0 Å². The summed E-state index contributed by atoms with van der Waals surface area (Å²) in [5, 5.41) is 14.3. The highest BCUT2D eigenvalue weighted by Crippen LogP contribution is 2.25. The van der Waals surface area contributed by atoms with E-state index in [2.05, 4.69) is 20.8 Å². The summed E-state index contributed by atoms with van der Waals surface area (Å²) in [6.07, 6.45) is 1.73. The number of nitrogens with one attached hydrogen (secondary N) is 3. The molecule has 0 fully saturated rings. The van der Waals surface area contributed by atoms with Gasteiger partial charge in [0.25, 0.3) is 0 Å². The van der Waals surface area contributed by atoms with E-state index < -0.39 is 0 Å². The number of rotatable bonds is 6. The van der Waals surface area contributed by atoms with Crippen LogP contribution >= 0.6 is 11.6 Å². The maximum atomic E-state index is 6.00. The number of aromatic nitrogens is 2. The molecule has 0 unspecified atom stereocenters. The molecule has 0 bridgehead atoms. The van der Waals surface area contributed by atoms with Gasteiger partial charge < -0.3 is 15.4 Å². The van der Waals surface area contributed by atoms with Crippen LogP contribution in [-0.4, -0.2) is 17.3 Å². The van der Waals surface area contributed by atoms with Gasteiger partial charge in [0.1, 0.15) is 17.3 Å². The molecule has 0 aliphatic carbocycles. The minimum absolute atomic E-state index is 0.677. The second kappa shape index (κ2) is 7.07. The third-order valence-corrected chi connectivity index (χ3v) is 3.61. The zero-order valence-corrected chi connectivity index (χ0v) is 13.4.